The van der Waals surface area contributed by atoms with Crippen molar-refractivity contribution in [2.24, 2.45) is 5.73 Å². The van der Waals surface area contributed by atoms with Crippen LogP contribution in [0.4, 0.5) is 22.0 Å². The maximum atomic E-state index is 12.6. The van der Waals surface area contributed by atoms with Crippen LogP contribution in [0.15, 0.2) is 6.20 Å². The molecule has 1 aromatic rings. The molecule has 0 atom stereocenters. The maximum Gasteiger partial charge on any atom is 0.418 e. The van der Waals surface area contributed by atoms with Crippen LogP contribution in [0.5, 0.6) is 0 Å². The molecule has 0 fully saturated rings. The summed E-state index contributed by atoms with van der Waals surface area (Å²) in [5, 5.41) is 8.62. The molecule has 92 valence electrons. The number of nitrogens with zero attached hydrogens (tertiary/aromatic N) is 2. The van der Waals surface area contributed by atoms with E-state index in [4.69, 9.17) is 11.0 Å². The highest BCUT2D eigenvalue weighted by Gasteiger charge is 2.38. The van der Waals surface area contributed by atoms with Crippen molar-refractivity contribution in [1.29, 1.82) is 5.26 Å². The van der Waals surface area contributed by atoms with E-state index in [1.54, 1.807) is 0 Å². The Bertz CT molecular complexity index is 461. The molecule has 17 heavy (non-hydrogen) atoms. The van der Waals surface area contributed by atoms with E-state index in [0.717, 1.165) is 0 Å². The topological polar surface area (TPSA) is 62.7 Å². The minimum Gasteiger partial charge on any atom is -0.325 e. The van der Waals surface area contributed by atoms with Crippen LogP contribution in [0.2, 0.25) is 0 Å². The molecular weight excluding hydrogens is 245 g/mol. The lowest BCUT2D eigenvalue weighted by Gasteiger charge is -2.14. The first-order valence-electron chi connectivity index (χ1n) is 4.30. The predicted octanol–water partition coefficient (Wildman–Crippen LogP) is 2.37. The highest BCUT2D eigenvalue weighted by Crippen LogP contribution is 2.38. The summed E-state index contributed by atoms with van der Waals surface area (Å²) in [5.41, 5.74) is 1.05. The zero-order valence-electron chi connectivity index (χ0n) is 8.22. The van der Waals surface area contributed by atoms with Crippen LogP contribution in [0.25, 0.3) is 0 Å². The molecule has 0 aromatic carbocycles. The van der Waals surface area contributed by atoms with Gasteiger partial charge in [-0.3, -0.25) is 4.98 Å². The molecule has 0 saturated carbocycles. The van der Waals surface area contributed by atoms with Gasteiger partial charge in [0.05, 0.1) is 22.4 Å². The van der Waals surface area contributed by atoms with Crippen LogP contribution in [0, 0.1) is 11.3 Å². The van der Waals surface area contributed by atoms with Crippen molar-refractivity contribution in [1.82, 2.24) is 4.98 Å². The summed E-state index contributed by atoms with van der Waals surface area (Å²) in [4.78, 5) is 3.28. The smallest absolute Gasteiger partial charge is 0.325 e. The number of nitriles is 1. The minimum absolute atomic E-state index is 0.268. The summed E-state index contributed by atoms with van der Waals surface area (Å²) < 4.78 is 62.5. The van der Waals surface area contributed by atoms with Gasteiger partial charge < -0.3 is 5.73 Å². The van der Waals surface area contributed by atoms with Crippen LogP contribution in [0.3, 0.4) is 0 Å². The van der Waals surface area contributed by atoms with Crippen molar-refractivity contribution in [3.63, 3.8) is 0 Å². The van der Waals surface area contributed by atoms with E-state index in [9.17, 15) is 22.0 Å². The van der Waals surface area contributed by atoms with Gasteiger partial charge in [-0.05, 0) is 0 Å². The Morgan fingerprint density at radius 3 is 2.35 bits per heavy atom. The molecule has 3 nitrogen and oxygen atoms in total. The number of alkyl halides is 5. The Morgan fingerprint density at radius 2 is 2.00 bits per heavy atom. The Hall–Kier alpha value is -1.75. The van der Waals surface area contributed by atoms with Crippen LogP contribution >= 0.6 is 0 Å². The third-order valence-corrected chi connectivity index (χ3v) is 2.03. The number of hydrogen-bond acceptors (Lipinski definition) is 3. The van der Waals surface area contributed by atoms with E-state index in [-0.39, 0.29) is 18.4 Å². The molecule has 0 amide bonds. The summed E-state index contributed by atoms with van der Waals surface area (Å²) in [6.07, 6.45) is -8.14. The molecule has 0 spiro atoms. The summed E-state index contributed by atoms with van der Waals surface area (Å²) in [6.45, 7) is -0.388. The van der Waals surface area contributed by atoms with E-state index in [1.807, 2.05) is 0 Å². The third-order valence-electron chi connectivity index (χ3n) is 2.03. The fourth-order valence-electron chi connectivity index (χ4n) is 1.30. The van der Waals surface area contributed by atoms with Gasteiger partial charge in [-0.1, -0.05) is 0 Å². The molecular formula is C9H6F5N3. The van der Waals surface area contributed by atoms with Gasteiger partial charge in [0.15, 0.2) is 0 Å². The second-order valence-corrected chi connectivity index (χ2v) is 3.02. The van der Waals surface area contributed by atoms with E-state index in [1.165, 1.54) is 6.07 Å². The largest absolute Gasteiger partial charge is 0.418 e. The fourth-order valence-corrected chi connectivity index (χ4v) is 1.30. The van der Waals surface area contributed by atoms with Crippen molar-refractivity contribution in [3.05, 3.63) is 28.6 Å². The van der Waals surface area contributed by atoms with Crippen molar-refractivity contribution < 1.29 is 22.0 Å². The Kier molecular flexibility index (Phi) is 3.63. The number of nitrogens with two attached hydrogens (primary N) is 1. The lowest BCUT2D eigenvalue weighted by atomic mass is 10.0. The van der Waals surface area contributed by atoms with Crippen LogP contribution < -0.4 is 5.73 Å². The van der Waals surface area contributed by atoms with E-state index >= 15 is 0 Å². The first-order chi connectivity index (χ1) is 7.82. The average molecular weight is 251 g/mol. The number of halogens is 5. The van der Waals surface area contributed by atoms with Crippen molar-refractivity contribution in [2.45, 2.75) is 19.1 Å². The van der Waals surface area contributed by atoms with E-state index < -0.39 is 29.3 Å². The highest BCUT2D eigenvalue weighted by molar-refractivity contribution is 5.46. The van der Waals surface area contributed by atoms with Crippen LogP contribution in [0.1, 0.15) is 28.8 Å². The van der Waals surface area contributed by atoms with Crippen LogP contribution in [-0.4, -0.2) is 4.98 Å². The number of aromatic nitrogens is 1. The zero-order valence-corrected chi connectivity index (χ0v) is 8.22. The van der Waals surface area contributed by atoms with E-state index in [0.29, 0.717) is 0 Å². The lowest BCUT2D eigenvalue weighted by molar-refractivity contribution is -0.139. The summed E-state index contributed by atoms with van der Waals surface area (Å²) in [7, 11) is 0. The van der Waals surface area contributed by atoms with Crippen molar-refractivity contribution in [2.75, 3.05) is 0 Å². The predicted molar refractivity (Wildman–Crippen MR) is 46.8 cm³/mol. The van der Waals surface area contributed by atoms with Gasteiger partial charge >= 0.3 is 6.18 Å². The molecule has 0 aliphatic carbocycles. The second-order valence-electron chi connectivity index (χ2n) is 3.02. The van der Waals surface area contributed by atoms with Crippen molar-refractivity contribution >= 4 is 0 Å². The Balaban J connectivity index is 3.61. The molecule has 1 aromatic heterocycles. The molecule has 1 rings (SSSR count). The molecule has 0 unspecified atom stereocenters. The van der Waals surface area contributed by atoms with Gasteiger partial charge in [-0.25, -0.2) is 8.78 Å². The molecule has 0 radical (unpaired) electrons. The molecule has 0 aliphatic heterocycles. The molecule has 0 aliphatic rings. The first kappa shape index (κ1) is 13.3. The highest BCUT2D eigenvalue weighted by atomic mass is 19.4. The van der Waals surface area contributed by atoms with Gasteiger partial charge in [0, 0.05) is 12.7 Å². The summed E-state index contributed by atoms with van der Waals surface area (Å²) in [5.74, 6) is 0. The van der Waals surface area contributed by atoms with Gasteiger partial charge in [0.25, 0.3) is 6.43 Å². The monoisotopic (exact) mass is 251 g/mol. The Labute approximate surface area is 92.7 Å². The normalized spacial score (nSPS) is 11.6. The van der Waals surface area contributed by atoms with Gasteiger partial charge in [-0.2, -0.15) is 18.4 Å². The van der Waals surface area contributed by atoms with E-state index in [2.05, 4.69) is 4.98 Å². The quantitative estimate of drug-likeness (QED) is 0.820. The molecule has 1 heterocycles. The second kappa shape index (κ2) is 4.63. The van der Waals surface area contributed by atoms with Gasteiger partial charge in [-0.15, -0.1) is 0 Å². The van der Waals surface area contributed by atoms with Gasteiger partial charge in [0.2, 0.25) is 0 Å². The molecule has 0 saturated heterocycles. The Morgan fingerprint density at radius 1 is 1.41 bits per heavy atom. The van der Waals surface area contributed by atoms with Crippen LogP contribution in [-0.2, 0) is 12.7 Å². The number of pyridine rings is 1. The van der Waals surface area contributed by atoms with Crippen molar-refractivity contribution in [3.8, 4) is 6.07 Å². The summed E-state index contributed by atoms with van der Waals surface area (Å²) in [6, 6.07) is 1.29. The zero-order chi connectivity index (χ0) is 13.2. The third kappa shape index (κ3) is 2.50. The average Bonchev–Trinajstić information content (AvgIpc) is 2.25. The lowest BCUT2D eigenvalue weighted by Crippen LogP contribution is -2.15. The first-order valence-corrected chi connectivity index (χ1v) is 4.30. The number of hydrogen-bond donors (Lipinski definition) is 1. The molecule has 8 heteroatoms. The minimum atomic E-state index is -4.99. The van der Waals surface area contributed by atoms with Gasteiger partial charge in [0.1, 0.15) is 6.07 Å². The maximum absolute atomic E-state index is 12.6. The molecule has 0 bridgehead atoms. The summed E-state index contributed by atoms with van der Waals surface area (Å²) >= 11 is 0. The standard InChI is InChI=1S/C9H6F5N3/c10-8(11)7-4(1-15)6(2-16)17-3-5(7)9(12,13)14/h3,8H,2,16H2. The fraction of sp³-hybridized carbons (Fsp3) is 0.333. The number of rotatable bonds is 2. The molecule has 2 N–H and O–H groups in total. The SMILES string of the molecule is N#Cc1c(CN)ncc(C(F)(F)F)c1C(F)F.